The first-order valence-electron chi connectivity index (χ1n) is 42.2. The number of nitrogens with zero attached hydrogens (tertiary/aromatic N) is 6. The van der Waals surface area contributed by atoms with Gasteiger partial charge in [0.1, 0.15) is 106 Å². The van der Waals surface area contributed by atoms with Crippen molar-refractivity contribution in [3.63, 3.8) is 0 Å². The highest BCUT2D eigenvalue weighted by Gasteiger charge is 2.66. The molecule has 21 fully saturated rings. The maximum atomic E-state index is 13.9. The van der Waals surface area contributed by atoms with Crippen LogP contribution in [0.25, 0.3) is 20.9 Å². The molecule has 58 nitrogen and oxygen atoms in total. The lowest BCUT2D eigenvalue weighted by Crippen LogP contribution is -2.70. The molecule has 0 aromatic rings. The van der Waals surface area contributed by atoms with Crippen LogP contribution in [0.3, 0.4) is 0 Å². The summed E-state index contributed by atoms with van der Waals surface area (Å²) in [6, 6.07) is 0. The van der Waals surface area contributed by atoms with Crippen molar-refractivity contribution < 1.29 is 247 Å². The van der Waals surface area contributed by atoms with Crippen LogP contribution in [-0.4, -0.2) is 374 Å². The minimum atomic E-state index is -2.46. The molecule has 138 heavy (non-hydrogen) atoms. The number of azide groups is 2. The SMILES string of the molecule is CC(=O)OCC1O[C@H]2O[C@H]3C(CN=[N+]=[N-])O[C@H](O[C@H]4C(COC(C)=O)O[C@@H](O[C@H]5C(COC(C)=O)O[C@@H](O[C@H]6C(COC(C)=O)O[C@@H](O[C@H]7C(CN=[N+]=[N-])O[C@@H](O[C@H]8C(COC(C)=O)O[C@H](O[C@@H]1[C@H](OC(C)=O)C2OC(C)=O)C(OC(C)=O)[C@H]8OC(C)=O)C(OC(C)=O)[C@H]7OC(C)=O)C(OC(C)=O)[C@H]6OC(C)=O)C(OC(C)=O)[C@H]5OC(C)=O)C(OC(C)=O)[C@H]4OC(C)=O)C(OC(C)=O)[C@H]3OC(C)=O. The van der Waals surface area contributed by atoms with Crippen molar-refractivity contribution in [1.82, 2.24) is 0 Å². The molecule has 0 N–H and O–H groups in total. The van der Waals surface area contributed by atoms with Crippen LogP contribution in [0.1, 0.15) is 132 Å². The molecule has 0 aromatic carbocycles. The molecule has 0 aliphatic carbocycles. The zero-order valence-corrected chi connectivity index (χ0v) is 77.6. The Bertz CT molecular complexity index is 4380. The zero-order chi connectivity index (χ0) is 102. The van der Waals surface area contributed by atoms with Gasteiger partial charge in [0.05, 0.1) is 25.3 Å². The maximum absolute atomic E-state index is 13.9. The molecule has 0 saturated carbocycles. The molecule has 21 heterocycles. The fraction of sp³-hybridized carbons (Fsp3) is 0.762. The molecule has 0 amide bonds. The van der Waals surface area contributed by atoms with Crippen molar-refractivity contribution in [2.24, 2.45) is 10.2 Å². The lowest BCUT2D eigenvalue weighted by molar-refractivity contribution is -0.395. The summed E-state index contributed by atoms with van der Waals surface area (Å²) in [6.45, 7) is 7.88. The Kier molecular flexibility index (Phi) is 41.2. The van der Waals surface area contributed by atoms with Crippen LogP contribution in [0.4, 0.5) is 0 Å². The van der Waals surface area contributed by atoms with Crippen molar-refractivity contribution in [2.75, 3.05) is 46.1 Å². The van der Waals surface area contributed by atoms with Gasteiger partial charge in [0.25, 0.3) is 0 Å². The number of rotatable bonds is 28. The lowest BCUT2D eigenvalue weighted by Gasteiger charge is -2.52. The van der Waals surface area contributed by atoms with E-state index in [1.807, 2.05) is 0 Å². The molecule has 0 radical (unpaired) electrons. The van der Waals surface area contributed by atoms with Crippen LogP contribution >= 0.6 is 0 Å². The van der Waals surface area contributed by atoms with Crippen molar-refractivity contribution in [3.8, 4) is 0 Å². The van der Waals surface area contributed by atoms with Gasteiger partial charge < -0.3 is 156 Å². The molecule has 0 spiro atoms. The number of hydrogen-bond donors (Lipinski definition) is 0. The predicted octanol–water partition coefficient (Wildman–Crippen LogP) is -1.75. The number of ether oxygens (including phenoxy) is 33. The summed E-state index contributed by atoms with van der Waals surface area (Å²) in [6.07, 6.45) is -80.9. The summed E-state index contributed by atoms with van der Waals surface area (Å²) in [5, 5.41) is 7.31. The van der Waals surface area contributed by atoms with E-state index in [-0.39, 0.29) is 0 Å². The largest absolute Gasteiger partial charge is 0.463 e. The number of hydrogen-bond acceptors (Lipinski definition) is 54. The molecule has 21 aliphatic heterocycles. The summed E-state index contributed by atoms with van der Waals surface area (Å²) in [5.41, 5.74) is 20.2. The van der Waals surface area contributed by atoms with E-state index in [0.29, 0.717) is 0 Å². The standard InChI is InChI=1S/C80H106N6O52/c1-27(87)106-22-48-55-62(113-34(8)94)71(122-43(17)103)78(129-48)136-57-50(24-108-29(3)89)127-76(69(120-41(15)101)64(57)115-36(10)96)132-53-46(20-83-85-81)126-75(68(119-40(14)100)60(53)111-32(6)92)135-56-49(23-107-28(2)88)130-79(72(123-44(18)104)63(56)114-35(9)95)138-59-52(26-110-31(5)91)131-80(73(124-45(19)105)66(59)117-38(12)98)137-58-51(25-109-30(4)90)128-77(70(121-42(16)102)65(58)116-37(11)97)133-54-47(21-84-86-82)125-74(134-55)67(118-39(13)99)61(54)112-33(7)93/h46-80H,20-26H2,1-19H3/t46?,47?,48?,49?,50?,51?,52?,53-,54-,55-,56-,57-,58-,59-,60-,61-,62-,63-,64-,65-,66-,67?,68?,69?,70?,71?,72?,73?,74-,75+,76-,77-,78+,79-,80-/m0/s1. The molecule has 35 atom stereocenters. The van der Waals surface area contributed by atoms with Crippen molar-refractivity contribution in [1.29, 1.82) is 0 Å². The van der Waals surface area contributed by atoms with Crippen molar-refractivity contribution >= 4 is 113 Å². The molecule has 21 rings (SSSR count). The normalized spacial score (nSPS) is 34.9. The molecule has 58 heteroatoms. The second-order valence-corrected chi connectivity index (χ2v) is 31.4. The van der Waals surface area contributed by atoms with Gasteiger partial charge in [0, 0.05) is 141 Å². The molecular formula is C80H106N6O52. The molecular weight excluding hydrogens is 1880 g/mol. The molecule has 21 saturated heterocycles. The van der Waals surface area contributed by atoms with Gasteiger partial charge in [-0.3, -0.25) is 91.1 Å². The van der Waals surface area contributed by atoms with Gasteiger partial charge in [0.2, 0.25) is 0 Å². The third-order valence-corrected chi connectivity index (χ3v) is 20.3. The summed E-state index contributed by atoms with van der Waals surface area (Å²) < 4.78 is 203. The minimum absolute atomic E-state index is 0.792. The van der Waals surface area contributed by atoms with Gasteiger partial charge in [-0.15, -0.1) is 0 Å². The fourth-order valence-electron chi connectivity index (χ4n) is 15.8. The molecule has 0 aromatic heterocycles. The summed E-state index contributed by atoms with van der Waals surface area (Å²) in [5.74, 6) is -23.9. The highest BCUT2D eigenvalue weighted by Crippen LogP contribution is 2.45. The first-order chi connectivity index (χ1) is 64.9. The van der Waals surface area contributed by atoms with Gasteiger partial charge in [0.15, 0.2) is 129 Å². The van der Waals surface area contributed by atoms with Gasteiger partial charge in [-0.2, -0.15) is 0 Å². The van der Waals surface area contributed by atoms with Gasteiger partial charge in [-0.1, -0.05) is 10.2 Å². The van der Waals surface area contributed by atoms with Gasteiger partial charge >= 0.3 is 113 Å². The molecule has 14 unspecified atom stereocenters. The molecule has 768 valence electrons. The highest BCUT2D eigenvalue weighted by atomic mass is 16.8. The lowest BCUT2D eigenvalue weighted by atomic mass is 9.94. The van der Waals surface area contributed by atoms with Crippen LogP contribution in [0.15, 0.2) is 10.2 Å². The first-order valence-corrected chi connectivity index (χ1v) is 42.2. The van der Waals surface area contributed by atoms with E-state index >= 15 is 0 Å². The molecule has 21 aliphatic rings. The molecule has 14 bridgehead atoms. The Morgan fingerprint density at radius 1 is 0.181 bits per heavy atom. The third-order valence-electron chi connectivity index (χ3n) is 20.3. The Morgan fingerprint density at radius 3 is 0.413 bits per heavy atom. The number of esters is 19. The Morgan fingerprint density at radius 2 is 0.297 bits per heavy atom. The van der Waals surface area contributed by atoms with Crippen molar-refractivity contribution in [2.45, 2.75) is 346 Å². The minimum Gasteiger partial charge on any atom is -0.463 e. The maximum Gasteiger partial charge on any atom is 0.303 e. The average Bonchev–Trinajstić information content (AvgIpc) is 0.776. The Hall–Kier alpha value is -12.0. The topological polar surface area (TPSA) is 726 Å². The van der Waals surface area contributed by atoms with E-state index in [1.165, 1.54) is 0 Å². The second kappa shape index (κ2) is 51.1. The fourth-order valence-corrected chi connectivity index (χ4v) is 15.8. The van der Waals surface area contributed by atoms with E-state index in [1.54, 1.807) is 0 Å². The van der Waals surface area contributed by atoms with E-state index in [0.717, 1.165) is 132 Å². The van der Waals surface area contributed by atoms with E-state index in [2.05, 4.69) is 20.1 Å². The third kappa shape index (κ3) is 31.2. The predicted molar refractivity (Wildman–Crippen MR) is 424 cm³/mol. The van der Waals surface area contributed by atoms with Gasteiger partial charge in [-0.25, -0.2) is 0 Å². The van der Waals surface area contributed by atoms with Gasteiger partial charge in [-0.05, 0) is 11.1 Å². The van der Waals surface area contributed by atoms with E-state index in [9.17, 15) is 102 Å². The number of carbonyl (C=O) groups excluding carboxylic acids is 19. The van der Waals surface area contributed by atoms with E-state index < -0.39 is 374 Å². The van der Waals surface area contributed by atoms with E-state index in [4.69, 9.17) is 156 Å². The van der Waals surface area contributed by atoms with Crippen LogP contribution in [0.2, 0.25) is 0 Å². The average molecular weight is 1980 g/mol. The van der Waals surface area contributed by atoms with Crippen LogP contribution < -0.4 is 0 Å². The summed E-state index contributed by atoms with van der Waals surface area (Å²) in [7, 11) is 0. The Balaban J connectivity index is 1.51. The Labute approximate surface area is 782 Å². The number of carbonyl (C=O) groups is 19. The second-order valence-electron chi connectivity index (χ2n) is 31.4. The monoisotopic (exact) mass is 1980 g/mol. The van der Waals surface area contributed by atoms with Crippen LogP contribution in [-0.2, 0) is 247 Å². The summed E-state index contributed by atoms with van der Waals surface area (Å²) >= 11 is 0. The zero-order valence-electron chi connectivity index (χ0n) is 77.6. The smallest absolute Gasteiger partial charge is 0.303 e. The van der Waals surface area contributed by atoms with Crippen LogP contribution in [0, 0.1) is 0 Å². The first kappa shape index (κ1) is 111. The van der Waals surface area contributed by atoms with Crippen molar-refractivity contribution in [3.05, 3.63) is 20.9 Å². The quantitative estimate of drug-likeness (QED) is 0.0276. The van der Waals surface area contributed by atoms with Crippen LogP contribution in [0.5, 0.6) is 0 Å². The highest BCUT2D eigenvalue weighted by molar-refractivity contribution is 5.73. The summed E-state index contributed by atoms with van der Waals surface area (Å²) in [4.78, 5) is 266.